The molecule has 1 N–H and O–H groups in total. The van der Waals surface area contributed by atoms with Crippen LogP contribution >= 0.6 is 0 Å². The average Bonchev–Trinajstić information content (AvgIpc) is 2.76. The molecular formula is C21H23N7. The fraction of sp³-hybridized carbons (Fsp3) is 0.286. The van der Waals surface area contributed by atoms with E-state index < -0.39 is 0 Å². The van der Waals surface area contributed by atoms with Crippen molar-refractivity contribution in [3.05, 3.63) is 66.2 Å². The average molecular weight is 373 g/mol. The van der Waals surface area contributed by atoms with Crippen molar-refractivity contribution in [2.45, 2.75) is 25.8 Å². The lowest BCUT2D eigenvalue weighted by Gasteiger charge is -2.26. The highest BCUT2D eigenvalue weighted by atomic mass is 15.3. The van der Waals surface area contributed by atoms with E-state index in [-0.39, 0.29) is 0 Å². The van der Waals surface area contributed by atoms with Gasteiger partial charge in [-0.25, -0.2) is 0 Å². The Balaban J connectivity index is 1.57. The highest BCUT2D eigenvalue weighted by Crippen LogP contribution is 2.22. The minimum absolute atomic E-state index is 0.324. The van der Waals surface area contributed by atoms with Gasteiger partial charge in [0.15, 0.2) is 0 Å². The highest BCUT2D eigenvalue weighted by Gasteiger charge is 2.16. The number of hydrogen-bond donors (Lipinski definition) is 1. The molecule has 2 heterocycles. The Bertz CT molecular complexity index is 907. The van der Waals surface area contributed by atoms with Gasteiger partial charge in [0.2, 0.25) is 11.9 Å². The summed E-state index contributed by atoms with van der Waals surface area (Å²) in [5, 5.41) is 11.8. The number of rotatable bonds is 6. The summed E-state index contributed by atoms with van der Waals surface area (Å²) in [5.41, 5.74) is 2.02. The van der Waals surface area contributed by atoms with Crippen LogP contribution in [0.5, 0.6) is 0 Å². The third-order valence-corrected chi connectivity index (χ3v) is 4.54. The van der Waals surface area contributed by atoms with Gasteiger partial charge in [-0.05, 0) is 37.0 Å². The van der Waals surface area contributed by atoms with E-state index in [4.69, 9.17) is 0 Å². The summed E-state index contributed by atoms with van der Waals surface area (Å²) >= 11 is 0. The van der Waals surface area contributed by atoms with Crippen LogP contribution in [-0.2, 0) is 6.54 Å². The van der Waals surface area contributed by atoms with E-state index in [1.165, 1.54) is 6.42 Å². The van der Waals surface area contributed by atoms with Crippen molar-refractivity contribution in [2.24, 2.45) is 10.2 Å². The molecule has 2 aromatic carbocycles. The first-order valence-electron chi connectivity index (χ1n) is 9.61. The van der Waals surface area contributed by atoms with Crippen LogP contribution in [0.4, 0.5) is 23.5 Å². The molecule has 1 aliphatic rings. The number of azo groups is 1. The van der Waals surface area contributed by atoms with Crippen molar-refractivity contribution in [2.75, 3.05) is 23.3 Å². The van der Waals surface area contributed by atoms with Crippen LogP contribution in [0.15, 0.2) is 70.9 Å². The molecule has 1 aliphatic heterocycles. The maximum atomic E-state index is 4.61. The molecule has 1 aromatic heterocycles. The second-order valence-corrected chi connectivity index (χ2v) is 6.68. The first-order chi connectivity index (χ1) is 13.9. The number of benzene rings is 2. The highest BCUT2D eigenvalue weighted by molar-refractivity contribution is 5.55. The summed E-state index contributed by atoms with van der Waals surface area (Å²) in [4.78, 5) is 15.8. The van der Waals surface area contributed by atoms with Gasteiger partial charge < -0.3 is 10.2 Å². The van der Waals surface area contributed by atoms with Crippen molar-refractivity contribution < 1.29 is 0 Å². The number of para-hydroxylation sites is 1. The molecule has 0 atom stereocenters. The lowest BCUT2D eigenvalue weighted by molar-refractivity contribution is 0.567. The molecule has 0 unspecified atom stereocenters. The maximum Gasteiger partial charge on any atom is 0.275 e. The quantitative estimate of drug-likeness (QED) is 0.622. The summed E-state index contributed by atoms with van der Waals surface area (Å²) in [5.74, 6) is 1.46. The molecule has 1 saturated heterocycles. The second-order valence-electron chi connectivity index (χ2n) is 6.68. The largest absolute Gasteiger partial charge is 0.341 e. The van der Waals surface area contributed by atoms with E-state index in [0.29, 0.717) is 24.4 Å². The summed E-state index contributed by atoms with van der Waals surface area (Å²) in [6, 6.07) is 19.9. The van der Waals surface area contributed by atoms with Gasteiger partial charge in [0, 0.05) is 18.8 Å². The zero-order valence-electron chi connectivity index (χ0n) is 15.7. The smallest absolute Gasteiger partial charge is 0.275 e. The van der Waals surface area contributed by atoms with Crippen molar-refractivity contribution in [1.29, 1.82) is 0 Å². The van der Waals surface area contributed by atoms with Gasteiger partial charge in [-0.2, -0.15) is 20.1 Å². The van der Waals surface area contributed by atoms with Gasteiger partial charge in [0.1, 0.15) is 0 Å². The van der Waals surface area contributed by atoms with Crippen molar-refractivity contribution >= 4 is 23.5 Å². The molecule has 0 saturated carbocycles. The molecule has 7 heteroatoms. The van der Waals surface area contributed by atoms with Crippen LogP contribution < -0.4 is 10.2 Å². The summed E-state index contributed by atoms with van der Waals surface area (Å²) in [7, 11) is 0. The van der Waals surface area contributed by atoms with E-state index in [1.807, 2.05) is 60.7 Å². The Morgan fingerprint density at radius 1 is 0.821 bits per heavy atom. The van der Waals surface area contributed by atoms with Crippen molar-refractivity contribution in [3.8, 4) is 0 Å². The van der Waals surface area contributed by atoms with Crippen molar-refractivity contribution in [1.82, 2.24) is 15.0 Å². The molecular weight excluding hydrogens is 350 g/mol. The van der Waals surface area contributed by atoms with Crippen LogP contribution in [0.25, 0.3) is 0 Å². The normalized spacial score (nSPS) is 14.4. The zero-order valence-corrected chi connectivity index (χ0v) is 15.7. The molecule has 28 heavy (non-hydrogen) atoms. The monoisotopic (exact) mass is 373 g/mol. The molecule has 3 aromatic rings. The van der Waals surface area contributed by atoms with Crippen LogP contribution in [-0.4, -0.2) is 28.0 Å². The Morgan fingerprint density at radius 2 is 1.54 bits per heavy atom. The number of nitrogens with zero attached hydrogens (tertiary/aromatic N) is 6. The Labute approximate surface area is 164 Å². The predicted octanol–water partition coefficient (Wildman–Crippen LogP) is 4.89. The van der Waals surface area contributed by atoms with Gasteiger partial charge in [0.25, 0.3) is 5.95 Å². The standard InChI is InChI=1S/C21H23N7/c1-4-10-17(11-5-1)16-22-27-20-24-19(23-18-12-6-2-7-13-18)25-21(26-20)28-14-8-3-9-15-28/h1-2,4-7,10-13H,3,8-9,14-16H2,(H,23,24,25,26). The summed E-state index contributed by atoms with van der Waals surface area (Å²) < 4.78 is 0. The number of nitrogens with one attached hydrogen (secondary N) is 1. The fourth-order valence-corrected chi connectivity index (χ4v) is 3.10. The molecule has 4 rings (SSSR count). The number of anilines is 3. The van der Waals surface area contributed by atoms with Crippen LogP contribution in [0.1, 0.15) is 24.8 Å². The summed E-state index contributed by atoms with van der Waals surface area (Å²) in [6.45, 7) is 2.40. The van der Waals surface area contributed by atoms with Gasteiger partial charge in [-0.1, -0.05) is 48.5 Å². The third-order valence-electron chi connectivity index (χ3n) is 4.54. The number of hydrogen-bond acceptors (Lipinski definition) is 7. The lowest BCUT2D eigenvalue weighted by atomic mass is 10.1. The molecule has 1 fully saturated rings. The molecule has 7 nitrogen and oxygen atoms in total. The predicted molar refractivity (Wildman–Crippen MR) is 110 cm³/mol. The number of aromatic nitrogens is 3. The minimum atomic E-state index is 0.324. The summed E-state index contributed by atoms with van der Waals surface area (Å²) in [6.07, 6.45) is 3.55. The molecule has 142 valence electrons. The topological polar surface area (TPSA) is 78.7 Å². The first kappa shape index (κ1) is 18.0. The van der Waals surface area contributed by atoms with Gasteiger partial charge in [-0.15, -0.1) is 5.11 Å². The first-order valence-corrected chi connectivity index (χ1v) is 9.61. The van der Waals surface area contributed by atoms with E-state index >= 15 is 0 Å². The SMILES string of the molecule is c1ccc(CN=Nc2nc(Nc3ccccc3)nc(N3CCCCC3)n2)cc1. The van der Waals surface area contributed by atoms with Crippen molar-refractivity contribution in [3.63, 3.8) is 0 Å². The maximum absolute atomic E-state index is 4.61. The van der Waals surface area contributed by atoms with Gasteiger partial charge in [-0.3, -0.25) is 0 Å². The zero-order chi connectivity index (χ0) is 19.0. The third kappa shape index (κ3) is 4.88. The molecule has 0 bridgehead atoms. The molecule has 0 radical (unpaired) electrons. The fourth-order valence-electron chi connectivity index (χ4n) is 3.10. The van der Waals surface area contributed by atoms with Gasteiger partial charge >= 0.3 is 0 Å². The van der Waals surface area contributed by atoms with Crippen LogP contribution in [0.2, 0.25) is 0 Å². The Hall–Kier alpha value is -3.35. The Morgan fingerprint density at radius 3 is 2.29 bits per heavy atom. The second kappa shape index (κ2) is 9.03. The van der Waals surface area contributed by atoms with E-state index in [1.54, 1.807) is 0 Å². The molecule has 0 amide bonds. The number of piperidine rings is 1. The van der Waals surface area contributed by atoms with E-state index in [2.05, 4.69) is 35.4 Å². The van der Waals surface area contributed by atoms with E-state index in [0.717, 1.165) is 37.2 Å². The van der Waals surface area contributed by atoms with E-state index in [9.17, 15) is 0 Å². The Kier molecular flexibility index (Phi) is 5.82. The molecule has 0 spiro atoms. The van der Waals surface area contributed by atoms with Gasteiger partial charge in [0.05, 0.1) is 6.54 Å². The van der Waals surface area contributed by atoms with Crippen LogP contribution in [0, 0.1) is 0 Å². The minimum Gasteiger partial charge on any atom is -0.341 e. The molecule has 0 aliphatic carbocycles. The van der Waals surface area contributed by atoms with Crippen LogP contribution in [0.3, 0.4) is 0 Å². The lowest BCUT2D eigenvalue weighted by Crippen LogP contribution is -2.31.